The summed E-state index contributed by atoms with van der Waals surface area (Å²) in [5.41, 5.74) is 0.623. The second-order valence-corrected chi connectivity index (χ2v) is 6.18. The fraction of sp³-hybridized carbons (Fsp3) is 0.875. The quantitative estimate of drug-likeness (QED) is 0.535. The summed E-state index contributed by atoms with van der Waals surface area (Å²) in [7, 11) is 0. The molecule has 0 heterocycles. The highest BCUT2D eigenvalue weighted by atomic mass is 14.6. The lowest BCUT2D eigenvalue weighted by molar-refractivity contribution is 0.429. The third-order valence-electron chi connectivity index (χ3n) is 5.05. The van der Waals surface area contributed by atoms with Crippen molar-refractivity contribution in [2.45, 2.75) is 60.8 Å². The molecule has 1 saturated carbocycles. The highest BCUT2D eigenvalue weighted by Crippen LogP contribution is 2.63. The molecule has 0 bridgehead atoms. The van der Waals surface area contributed by atoms with Gasteiger partial charge in [0.1, 0.15) is 0 Å². The minimum atomic E-state index is 0.623. The van der Waals surface area contributed by atoms with Crippen LogP contribution in [0.1, 0.15) is 60.8 Å². The molecule has 0 aliphatic heterocycles. The maximum atomic E-state index is 2.47. The predicted octanol–water partition coefficient (Wildman–Crippen LogP) is 5.30. The molecule has 5 unspecified atom stereocenters. The third-order valence-corrected chi connectivity index (χ3v) is 5.05. The summed E-state index contributed by atoms with van der Waals surface area (Å²) >= 11 is 0. The van der Waals surface area contributed by atoms with E-state index in [9.17, 15) is 0 Å². The van der Waals surface area contributed by atoms with Gasteiger partial charge in [0.2, 0.25) is 0 Å². The molecule has 1 fully saturated rings. The van der Waals surface area contributed by atoms with E-state index in [1.54, 1.807) is 0 Å². The molecule has 0 nitrogen and oxygen atoms in total. The normalized spacial score (nSPS) is 37.6. The summed E-state index contributed by atoms with van der Waals surface area (Å²) in [4.78, 5) is 0. The van der Waals surface area contributed by atoms with E-state index < -0.39 is 0 Å². The fourth-order valence-corrected chi connectivity index (χ4v) is 3.49. The topological polar surface area (TPSA) is 0 Å². The highest BCUT2D eigenvalue weighted by molar-refractivity contribution is 5.10. The SMILES string of the molecule is CCCC(C)C=CC(C)C1C(C)C1(C)CC. The first-order valence-electron chi connectivity index (χ1n) is 7.15. The summed E-state index contributed by atoms with van der Waals surface area (Å²) in [6.45, 7) is 14.2. The lowest BCUT2D eigenvalue weighted by Gasteiger charge is -2.12. The predicted molar refractivity (Wildman–Crippen MR) is 73.4 cm³/mol. The second-order valence-electron chi connectivity index (χ2n) is 6.18. The van der Waals surface area contributed by atoms with Gasteiger partial charge < -0.3 is 0 Å². The van der Waals surface area contributed by atoms with Crippen molar-refractivity contribution in [3.8, 4) is 0 Å². The van der Waals surface area contributed by atoms with Crippen molar-refractivity contribution >= 4 is 0 Å². The van der Waals surface area contributed by atoms with Crippen molar-refractivity contribution in [1.82, 2.24) is 0 Å². The van der Waals surface area contributed by atoms with Gasteiger partial charge in [-0.2, -0.15) is 0 Å². The molecular weight excluding hydrogens is 192 g/mol. The van der Waals surface area contributed by atoms with Crippen LogP contribution in [0.15, 0.2) is 12.2 Å². The molecule has 0 heteroatoms. The van der Waals surface area contributed by atoms with Crippen molar-refractivity contribution in [2.75, 3.05) is 0 Å². The first-order valence-corrected chi connectivity index (χ1v) is 7.15. The zero-order valence-electron chi connectivity index (χ0n) is 12.1. The molecule has 0 amide bonds. The Bertz CT molecular complexity index is 240. The van der Waals surface area contributed by atoms with Gasteiger partial charge in [0.15, 0.2) is 0 Å². The average molecular weight is 222 g/mol. The van der Waals surface area contributed by atoms with E-state index in [0.29, 0.717) is 5.41 Å². The Morgan fingerprint density at radius 3 is 2.25 bits per heavy atom. The molecule has 1 aliphatic carbocycles. The molecule has 0 spiro atoms. The first-order chi connectivity index (χ1) is 7.47. The van der Waals surface area contributed by atoms with Crippen LogP contribution < -0.4 is 0 Å². The van der Waals surface area contributed by atoms with Gasteiger partial charge in [-0.05, 0) is 35.5 Å². The molecule has 0 aromatic carbocycles. The molecule has 0 saturated heterocycles. The van der Waals surface area contributed by atoms with Gasteiger partial charge in [0.25, 0.3) is 0 Å². The van der Waals surface area contributed by atoms with E-state index in [0.717, 1.165) is 23.7 Å². The average Bonchev–Trinajstić information content (AvgIpc) is 2.80. The van der Waals surface area contributed by atoms with Crippen LogP contribution in [0.25, 0.3) is 0 Å². The Morgan fingerprint density at radius 1 is 1.19 bits per heavy atom. The minimum absolute atomic E-state index is 0.623. The highest BCUT2D eigenvalue weighted by Gasteiger charge is 2.57. The Balaban J connectivity index is 2.45. The second kappa shape index (κ2) is 5.38. The van der Waals surface area contributed by atoms with E-state index in [4.69, 9.17) is 0 Å². The molecular formula is C16H30. The summed E-state index contributed by atoms with van der Waals surface area (Å²) in [5.74, 6) is 3.36. The molecule has 1 aliphatic rings. The van der Waals surface area contributed by atoms with Crippen molar-refractivity contribution in [1.29, 1.82) is 0 Å². The molecule has 0 aromatic heterocycles. The van der Waals surface area contributed by atoms with Crippen LogP contribution in [0.3, 0.4) is 0 Å². The van der Waals surface area contributed by atoms with E-state index in [2.05, 4.69) is 53.7 Å². The minimum Gasteiger partial charge on any atom is -0.0854 e. The van der Waals surface area contributed by atoms with Gasteiger partial charge in [-0.15, -0.1) is 0 Å². The molecule has 16 heavy (non-hydrogen) atoms. The first kappa shape index (κ1) is 13.8. The molecule has 0 radical (unpaired) electrons. The van der Waals surface area contributed by atoms with Crippen molar-refractivity contribution in [3.05, 3.63) is 12.2 Å². The monoisotopic (exact) mass is 222 g/mol. The Morgan fingerprint density at radius 2 is 1.81 bits per heavy atom. The van der Waals surface area contributed by atoms with Gasteiger partial charge in [-0.3, -0.25) is 0 Å². The maximum absolute atomic E-state index is 2.47. The van der Waals surface area contributed by atoms with Gasteiger partial charge in [-0.25, -0.2) is 0 Å². The van der Waals surface area contributed by atoms with Gasteiger partial charge in [0, 0.05) is 0 Å². The van der Waals surface area contributed by atoms with E-state index in [-0.39, 0.29) is 0 Å². The molecule has 0 N–H and O–H groups in total. The van der Waals surface area contributed by atoms with Gasteiger partial charge in [-0.1, -0.05) is 66.5 Å². The van der Waals surface area contributed by atoms with Crippen LogP contribution in [0.4, 0.5) is 0 Å². The van der Waals surface area contributed by atoms with Crippen LogP contribution in [-0.2, 0) is 0 Å². The molecule has 0 aromatic rings. The molecule has 5 atom stereocenters. The zero-order valence-corrected chi connectivity index (χ0v) is 12.1. The molecule has 94 valence electrons. The number of allylic oxidation sites excluding steroid dienone is 2. The number of hydrogen-bond donors (Lipinski definition) is 0. The van der Waals surface area contributed by atoms with Crippen LogP contribution >= 0.6 is 0 Å². The largest absolute Gasteiger partial charge is 0.0854 e. The van der Waals surface area contributed by atoms with Crippen molar-refractivity contribution in [3.63, 3.8) is 0 Å². The van der Waals surface area contributed by atoms with Crippen molar-refractivity contribution < 1.29 is 0 Å². The Labute approximate surface area is 103 Å². The fourth-order valence-electron chi connectivity index (χ4n) is 3.49. The van der Waals surface area contributed by atoms with Crippen LogP contribution in [0, 0.1) is 29.1 Å². The van der Waals surface area contributed by atoms with Crippen LogP contribution in [-0.4, -0.2) is 0 Å². The molecule has 1 rings (SSSR count). The summed E-state index contributed by atoms with van der Waals surface area (Å²) in [5, 5.41) is 0. The van der Waals surface area contributed by atoms with Gasteiger partial charge in [0.05, 0.1) is 0 Å². The number of hydrogen-bond acceptors (Lipinski definition) is 0. The van der Waals surface area contributed by atoms with Crippen LogP contribution in [0.5, 0.6) is 0 Å². The third kappa shape index (κ3) is 2.70. The zero-order chi connectivity index (χ0) is 12.3. The Kier molecular flexibility index (Phi) is 4.64. The lowest BCUT2D eigenvalue weighted by Crippen LogP contribution is -2.03. The summed E-state index contributed by atoms with van der Waals surface area (Å²) < 4.78 is 0. The maximum Gasteiger partial charge on any atom is -0.0225 e. The summed E-state index contributed by atoms with van der Waals surface area (Å²) in [6.07, 6.45) is 8.88. The number of rotatable bonds is 6. The summed E-state index contributed by atoms with van der Waals surface area (Å²) in [6, 6.07) is 0. The van der Waals surface area contributed by atoms with E-state index >= 15 is 0 Å². The van der Waals surface area contributed by atoms with E-state index in [1.165, 1.54) is 19.3 Å². The van der Waals surface area contributed by atoms with E-state index in [1.807, 2.05) is 0 Å². The van der Waals surface area contributed by atoms with Crippen molar-refractivity contribution in [2.24, 2.45) is 29.1 Å². The van der Waals surface area contributed by atoms with Gasteiger partial charge >= 0.3 is 0 Å². The smallest absolute Gasteiger partial charge is 0.0225 e. The van der Waals surface area contributed by atoms with Crippen LogP contribution in [0.2, 0.25) is 0 Å². The lowest BCUT2D eigenvalue weighted by atomic mass is 9.93. The Hall–Kier alpha value is -0.260. The standard InChI is InChI=1S/C16H30/c1-7-9-12(3)10-11-13(4)15-14(5)16(15,6)8-2/h10-15H,7-9H2,1-6H3.